The molecule has 2 aromatic carbocycles. The lowest BCUT2D eigenvalue weighted by atomic mass is 10.0. The van der Waals surface area contributed by atoms with Crippen LogP contribution in [-0.4, -0.2) is 19.8 Å². The fourth-order valence-corrected chi connectivity index (χ4v) is 4.28. The molecule has 5 heteroatoms. The molecule has 0 unspecified atom stereocenters. The zero-order chi connectivity index (χ0) is 25.6. The molecule has 196 valence electrons. The summed E-state index contributed by atoms with van der Waals surface area (Å²) >= 11 is 0. The van der Waals surface area contributed by atoms with Crippen molar-refractivity contribution >= 4 is 0 Å². The standard InChI is InChI=1S/C31H40F2O3/c1-3-5-7-8-9-11-19-34-27-16-13-24(14-17-27)15-18-28-29(32)20-26(21-30(28)33)31-35-22-25(23-36-31)12-10-6-4-2/h13-14,16-17,20-21,25,31H,3-12,19,22-23H2,1-2H3. The van der Waals surface area contributed by atoms with Crippen molar-refractivity contribution in [3.8, 4) is 17.6 Å². The van der Waals surface area contributed by atoms with Crippen LogP contribution in [0.3, 0.4) is 0 Å². The van der Waals surface area contributed by atoms with Crippen molar-refractivity contribution in [2.24, 2.45) is 5.92 Å². The van der Waals surface area contributed by atoms with Crippen LogP contribution >= 0.6 is 0 Å². The van der Waals surface area contributed by atoms with Crippen molar-refractivity contribution in [1.29, 1.82) is 0 Å². The number of ether oxygens (including phenoxy) is 3. The van der Waals surface area contributed by atoms with Gasteiger partial charge in [-0.3, -0.25) is 0 Å². The molecule has 0 amide bonds. The Morgan fingerprint density at radius 1 is 0.806 bits per heavy atom. The Bertz CT molecular complexity index is 947. The Balaban J connectivity index is 1.50. The van der Waals surface area contributed by atoms with E-state index in [2.05, 4.69) is 25.7 Å². The van der Waals surface area contributed by atoms with Gasteiger partial charge >= 0.3 is 0 Å². The van der Waals surface area contributed by atoms with Gasteiger partial charge in [0.05, 0.1) is 25.4 Å². The van der Waals surface area contributed by atoms with Crippen LogP contribution in [0.1, 0.15) is 101 Å². The lowest BCUT2D eigenvalue weighted by molar-refractivity contribution is -0.206. The van der Waals surface area contributed by atoms with Gasteiger partial charge in [0.15, 0.2) is 6.29 Å². The van der Waals surface area contributed by atoms with Crippen LogP contribution in [0.5, 0.6) is 5.75 Å². The minimum atomic E-state index is -0.748. The first-order chi connectivity index (χ1) is 17.6. The summed E-state index contributed by atoms with van der Waals surface area (Å²) in [6.45, 7) is 6.15. The van der Waals surface area contributed by atoms with Gasteiger partial charge in [-0.05, 0) is 49.2 Å². The van der Waals surface area contributed by atoms with E-state index >= 15 is 0 Å². The lowest BCUT2D eigenvalue weighted by Crippen LogP contribution is -2.27. The monoisotopic (exact) mass is 498 g/mol. The van der Waals surface area contributed by atoms with Gasteiger partial charge in [0.25, 0.3) is 0 Å². The summed E-state index contributed by atoms with van der Waals surface area (Å²) in [5, 5.41) is 0. The summed E-state index contributed by atoms with van der Waals surface area (Å²) in [7, 11) is 0. The molecule has 0 N–H and O–H groups in total. The number of hydrogen-bond donors (Lipinski definition) is 0. The van der Waals surface area contributed by atoms with Crippen LogP contribution in [0.15, 0.2) is 36.4 Å². The van der Waals surface area contributed by atoms with Crippen LogP contribution < -0.4 is 4.74 Å². The van der Waals surface area contributed by atoms with E-state index < -0.39 is 17.9 Å². The Morgan fingerprint density at radius 2 is 1.42 bits per heavy atom. The van der Waals surface area contributed by atoms with E-state index in [9.17, 15) is 8.78 Å². The second-order valence-electron chi connectivity index (χ2n) is 9.61. The zero-order valence-corrected chi connectivity index (χ0v) is 21.8. The van der Waals surface area contributed by atoms with Crippen molar-refractivity contribution in [3.63, 3.8) is 0 Å². The highest BCUT2D eigenvalue weighted by molar-refractivity contribution is 5.46. The molecule has 3 nitrogen and oxygen atoms in total. The molecule has 1 aliphatic heterocycles. The molecule has 1 heterocycles. The lowest BCUT2D eigenvalue weighted by Gasteiger charge is -2.29. The molecule has 0 aliphatic carbocycles. The smallest absolute Gasteiger partial charge is 0.184 e. The Kier molecular flexibility index (Phi) is 12.2. The second kappa shape index (κ2) is 15.6. The largest absolute Gasteiger partial charge is 0.494 e. The molecule has 0 saturated carbocycles. The Labute approximate surface area is 215 Å². The summed E-state index contributed by atoms with van der Waals surface area (Å²) in [6, 6.07) is 9.79. The highest BCUT2D eigenvalue weighted by atomic mass is 19.1. The van der Waals surface area contributed by atoms with Gasteiger partial charge in [-0.15, -0.1) is 0 Å². The van der Waals surface area contributed by atoms with Gasteiger partial charge in [0, 0.05) is 17.0 Å². The van der Waals surface area contributed by atoms with Crippen molar-refractivity contribution in [2.45, 2.75) is 84.3 Å². The summed E-state index contributed by atoms with van der Waals surface area (Å²) < 4.78 is 46.7. The Morgan fingerprint density at radius 3 is 2.08 bits per heavy atom. The van der Waals surface area contributed by atoms with Crippen molar-refractivity contribution < 1.29 is 23.0 Å². The van der Waals surface area contributed by atoms with Crippen LogP contribution in [0.25, 0.3) is 0 Å². The normalized spacial score (nSPS) is 17.4. The third kappa shape index (κ3) is 9.22. The maximum atomic E-state index is 14.7. The van der Waals surface area contributed by atoms with Crippen molar-refractivity contribution in [1.82, 2.24) is 0 Å². The van der Waals surface area contributed by atoms with E-state index in [4.69, 9.17) is 14.2 Å². The van der Waals surface area contributed by atoms with Crippen LogP contribution in [-0.2, 0) is 9.47 Å². The number of hydrogen-bond acceptors (Lipinski definition) is 3. The molecule has 0 atom stereocenters. The van der Waals surface area contributed by atoms with E-state index in [0.717, 1.165) is 25.0 Å². The minimum Gasteiger partial charge on any atom is -0.494 e. The second-order valence-corrected chi connectivity index (χ2v) is 9.61. The highest BCUT2D eigenvalue weighted by Gasteiger charge is 2.25. The molecule has 0 radical (unpaired) electrons. The molecular weight excluding hydrogens is 458 g/mol. The van der Waals surface area contributed by atoms with Crippen LogP contribution in [0, 0.1) is 29.4 Å². The number of halogens is 2. The highest BCUT2D eigenvalue weighted by Crippen LogP contribution is 2.29. The first-order valence-electron chi connectivity index (χ1n) is 13.6. The molecule has 1 fully saturated rings. The fourth-order valence-electron chi connectivity index (χ4n) is 4.28. The minimum absolute atomic E-state index is 0.254. The fraction of sp³-hybridized carbons (Fsp3) is 0.548. The number of unbranched alkanes of at least 4 members (excludes halogenated alkanes) is 7. The molecule has 2 aromatic rings. The van der Waals surface area contributed by atoms with E-state index in [-0.39, 0.29) is 5.56 Å². The van der Waals surface area contributed by atoms with Crippen molar-refractivity contribution in [2.75, 3.05) is 19.8 Å². The maximum absolute atomic E-state index is 14.7. The first kappa shape index (κ1) is 28.2. The van der Waals surface area contributed by atoms with Gasteiger partial charge < -0.3 is 14.2 Å². The zero-order valence-electron chi connectivity index (χ0n) is 21.8. The molecule has 36 heavy (non-hydrogen) atoms. The molecule has 0 spiro atoms. The average molecular weight is 499 g/mol. The summed E-state index contributed by atoms with van der Waals surface area (Å²) in [4.78, 5) is 0. The molecule has 0 aromatic heterocycles. The third-order valence-corrected chi connectivity index (χ3v) is 6.47. The maximum Gasteiger partial charge on any atom is 0.184 e. The number of benzene rings is 2. The first-order valence-corrected chi connectivity index (χ1v) is 13.6. The van der Waals surface area contributed by atoms with E-state index in [1.807, 2.05) is 12.1 Å². The van der Waals surface area contributed by atoms with Gasteiger partial charge in [-0.25, -0.2) is 8.78 Å². The third-order valence-electron chi connectivity index (χ3n) is 6.47. The summed E-state index contributed by atoms with van der Waals surface area (Å²) in [6.07, 6.45) is 11.1. The predicted molar refractivity (Wildman–Crippen MR) is 140 cm³/mol. The van der Waals surface area contributed by atoms with E-state index in [0.29, 0.717) is 36.9 Å². The van der Waals surface area contributed by atoms with Gasteiger partial charge in [-0.1, -0.05) is 77.1 Å². The van der Waals surface area contributed by atoms with Gasteiger partial charge in [0.1, 0.15) is 17.4 Å². The van der Waals surface area contributed by atoms with Crippen LogP contribution in [0.2, 0.25) is 0 Å². The van der Waals surface area contributed by atoms with E-state index in [1.54, 1.807) is 12.1 Å². The SMILES string of the molecule is CCCCCCCCOc1ccc(C#Cc2c(F)cc(C3OCC(CCCCC)CO3)cc2F)cc1. The van der Waals surface area contributed by atoms with Crippen LogP contribution in [0.4, 0.5) is 8.78 Å². The molecule has 1 saturated heterocycles. The van der Waals surface area contributed by atoms with Gasteiger partial charge in [-0.2, -0.15) is 0 Å². The van der Waals surface area contributed by atoms with Crippen molar-refractivity contribution in [3.05, 3.63) is 64.7 Å². The molecular formula is C31H40F2O3. The molecule has 1 aliphatic rings. The Hall–Kier alpha value is -2.42. The van der Waals surface area contributed by atoms with Gasteiger partial charge in [0.2, 0.25) is 0 Å². The quantitative estimate of drug-likeness (QED) is 0.205. The molecule has 0 bridgehead atoms. The van der Waals surface area contributed by atoms with E-state index in [1.165, 1.54) is 57.1 Å². The topological polar surface area (TPSA) is 27.7 Å². The molecule has 3 rings (SSSR count). The summed E-state index contributed by atoms with van der Waals surface area (Å²) in [5.74, 6) is 5.16. The number of rotatable bonds is 13. The predicted octanol–water partition coefficient (Wildman–Crippen LogP) is 8.35. The summed E-state index contributed by atoms with van der Waals surface area (Å²) in [5.41, 5.74) is 0.752. The average Bonchev–Trinajstić information content (AvgIpc) is 2.89.